The lowest BCUT2D eigenvalue weighted by Crippen LogP contribution is -2.36. The molecule has 0 fully saturated rings. The Morgan fingerprint density at radius 1 is 0.905 bits per heavy atom. The van der Waals surface area contributed by atoms with Crippen LogP contribution < -0.4 is 16.2 Å². The Balaban J connectivity index is 1.78. The molecule has 6 nitrogen and oxygen atoms in total. The van der Waals surface area contributed by atoms with Gasteiger partial charge in [0.25, 0.3) is 17.4 Å². The van der Waals surface area contributed by atoms with E-state index in [1.165, 1.54) is 12.3 Å². The van der Waals surface area contributed by atoms with Gasteiger partial charge in [0.1, 0.15) is 5.56 Å². The summed E-state index contributed by atoms with van der Waals surface area (Å²) in [6.45, 7) is 0.524. The minimum absolute atomic E-state index is 0.0480. The van der Waals surface area contributed by atoms with E-state index in [1.807, 2.05) is 6.07 Å². The minimum Gasteiger partial charge on any atom is -0.350 e. The topological polar surface area (TPSA) is 91.1 Å². The Kier molecular flexibility index (Phi) is 4.87. The predicted octanol–water partition coefficient (Wildman–Crippen LogP) is 0.535. The zero-order chi connectivity index (χ0) is 15.1. The van der Waals surface area contributed by atoms with Crippen LogP contribution in [0.2, 0.25) is 0 Å². The molecule has 0 aliphatic heterocycles. The van der Waals surface area contributed by atoms with Crippen molar-refractivity contribution in [2.45, 2.75) is 0 Å². The second-order valence-corrected chi connectivity index (χ2v) is 4.29. The van der Waals surface area contributed by atoms with Crippen LogP contribution in [0.25, 0.3) is 0 Å². The Labute approximate surface area is 121 Å². The molecule has 0 bridgehead atoms. The molecular formula is C15H15N3O3. The van der Waals surface area contributed by atoms with Crippen molar-refractivity contribution in [3.63, 3.8) is 0 Å². The van der Waals surface area contributed by atoms with Gasteiger partial charge in [-0.05, 0) is 24.3 Å². The third kappa shape index (κ3) is 4.04. The van der Waals surface area contributed by atoms with Crippen LogP contribution >= 0.6 is 0 Å². The van der Waals surface area contributed by atoms with Crippen molar-refractivity contribution in [3.05, 3.63) is 70.1 Å². The average molecular weight is 285 g/mol. The molecule has 21 heavy (non-hydrogen) atoms. The van der Waals surface area contributed by atoms with Crippen LogP contribution in [-0.2, 0) is 0 Å². The summed E-state index contributed by atoms with van der Waals surface area (Å²) in [5.74, 6) is -0.673. The molecule has 0 saturated carbocycles. The lowest BCUT2D eigenvalue weighted by molar-refractivity contribution is 0.0927. The van der Waals surface area contributed by atoms with E-state index in [1.54, 1.807) is 30.3 Å². The first-order valence-electron chi connectivity index (χ1n) is 6.47. The number of carbonyl (C=O) groups is 2. The summed E-state index contributed by atoms with van der Waals surface area (Å²) in [6.07, 6.45) is 1.46. The van der Waals surface area contributed by atoms with E-state index in [0.29, 0.717) is 5.56 Å². The number of aromatic amines is 1. The Morgan fingerprint density at radius 3 is 2.24 bits per heavy atom. The summed E-state index contributed by atoms with van der Waals surface area (Å²) in [4.78, 5) is 37.3. The van der Waals surface area contributed by atoms with Crippen LogP contribution in [0.5, 0.6) is 0 Å². The van der Waals surface area contributed by atoms with Crippen molar-refractivity contribution in [2.24, 2.45) is 0 Å². The molecule has 1 aromatic heterocycles. The molecule has 2 aromatic rings. The number of pyridine rings is 1. The summed E-state index contributed by atoms with van der Waals surface area (Å²) >= 11 is 0. The fraction of sp³-hybridized carbons (Fsp3) is 0.133. The third-order valence-electron chi connectivity index (χ3n) is 2.79. The zero-order valence-electron chi connectivity index (χ0n) is 11.3. The second-order valence-electron chi connectivity index (χ2n) is 4.29. The van der Waals surface area contributed by atoms with Crippen molar-refractivity contribution >= 4 is 11.8 Å². The van der Waals surface area contributed by atoms with Crippen LogP contribution in [0.15, 0.2) is 53.5 Å². The van der Waals surface area contributed by atoms with Gasteiger partial charge in [-0.15, -0.1) is 0 Å². The Bertz CT molecular complexity index is 680. The van der Waals surface area contributed by atoms with Gasteiger partial charge in [0.2, 0.25) is 0 Å². The lowest BCUT2D eigenvalue weighted by Gasteiger charge is -2.06. The molecule has 0 aliphatic carbocycles. The van der Waals surface area contributed by atoms with Gasteiger partial charge in [0, 0.05) is 24.8 Å². The van der Waals surface area contributed by atoms with E-state index in [4.69, 9.17) is 0 Å². The summed E-state index contributed by atoms with van der Waals surface area (Å²) in [7, 11) is 0. The molecule has 2 amide bonds. The van der Waals surface area contributed by atoms with Crippen LogP contribution in [0.4, 0.5) is 0 Å². The van der Waals surface area contributed by atoms with E-state index in [9.17, 15) is 14.4 Å². The van der Waals surface area contributed by atoms with Gasteiger partial charge < -0.3 is 15.6 Å². The summed E-state index contributed by atoms with van der Waals surface area (Å²) in [6, 6.07) is 11.8. The molecule has 6 heteroatoms. The maximum atomic E-state index is 11.7. The van der Waals surface area contributed by atoms with E-state index < -0.39 is 11.5 Å². The van der Waals surface area contributed by atoms with Crippen LogP contribution in [0.3, 0.4) is 0 Å². The monoisotopic (exact) mass is 285 g/mol. The van der Waals surface area contributed by atoms with Crippen molar-refractivity contribution in [3.8, 4) is 0 Å². The number of benzene rings is 1. The number of amides is 2. The van der Waals surface area contributed by atoms with Gasteiger partial charge in [-0.2, -0.15) is 0 Å². The molecule has 1 heterocycles. The van der Waals surface area contributed by atoms with Crippen LogP contribution in [-0.4, -0.2) is 29.9 Å². The van der Waals surface area contributed by atoms with Crippen molar-refractivity contribution in [1.29, 1.82) is 0 Å². The Morgan fingerprint density at radius 2 is 1.57 bits per heavy atom. The summed E-state index contributed by atoms with van der Waals surface area (Å²) in [5, 5.41) is 5.25. The number of hydrogen-bond acceptors (Lipinski definition) is 3. The molecular weight excluding hydrogens is 270 g/mol. The van der Waals surface area contributed by atoms with E-state index >= 15 is 0 Å². The first-order valence-corrected chi connectivity index (χ1v) is 6.47. The van der Waals surface area contributed by atoms with E-state index in [2.05, 4.69) is 15.6 Å². The minimum atomic E-state index is -0.467. The first-order chi connectivity index (χ1) is 10.2. The standard InChI is InChI=1S/C15H15N3O3/c19-13(11-5-2-1-3-6-11)17-9-10-18-15(21)12-7-4-8-16-14(12)20/h1-8H,9-10H2,(H,16,20)(H,17,19)(H,18,21). The molecule has 0 saturated heterocycles. The zero-order valence-corrected chi connectivity index (χ0v) is 11.3. The summed E-state index contributed by atoms with van der Waals surface area (Å²) in [5.41, 5.74) is 0.165. The van der Waals surface area contributed by atoms with E-state index in [-0.39, 0.29) is 24.6 Å². The van der Waals surface area contributed by atoms with Crippen molar-refractivity contribution in [1.82, 2.24) is 15.6 Å². The highest BCUT2D eigenvalue weighted by atomic mass is 16.2. The van der Waals surface area contributed by atoms with E-state index in [0.717, 1.165) is 0 Å². The highest BCUT2D eigenvalue weighted by Crippen LogP contribution is 1.97. The highest BCUT2D eigenvalue weighted by Gasteiger charge is 2.09. The fourth-order valence-corrected chi connectivity index (χ4v) is 1.74. The Hall–Kier alpha value is -2.89. The SMILES string of the molecule is O=C(NCCNC(=O)c1ccc[nH]c1=O)c1ccccc1. The molecule has 0 spiro atoms. The molecule has 108 valence electrons. The number of hydrogen-bond donors (Lipinski definition) is 3. The lowest BCUT2D eigenvalue weighted by atomic mass is 10.2. The molecule has 0 unspecified atom stereocenters. The third-order valence-corrected chi connectivity index (χ3v) is 2.79. The number of nitrogens with one attached hydrogen (secondary N) is 3. The number of rotatable bonds is 5. The van der Waals surface area contributed by atoms with Gasteiger partial charge in [-0.1, -0.05) is 18.2 Å². The molecule has 0 aliphatic rings. The average Bonchev–Trinajstić information content (AvgIpc) is 2.52. The maximum Gasteiger partial charge on any atom is 0.260 e. The van der Waals surface area contributed by atoms with Crippen molar-refractivity contribution < 1.29 is 9.59 Å². The van der Waals surface area contributed by atoms with Gasteiger partial charge in [0.05, 0.1) is 0 Å². The normalized spacial score (nSPS) is 9.90. The largest absolute Gasteiger partial charge is 0.350 e. The number of H-pyrrole nitrogens is 1. The molecule has 1 aromatic carbocycles. The van der Waals surface area contributed by atoms with Crippen LogP contribution in [0.1, 0.15) is 20.7 Å². The predicted molar refractivity (Wildman–Crippen MR) is 78.2 cm³/mol. The van der Waals surface area contributed by atoms with Gasteiger partial charge in [-0.3, -0.25) is 14.4 Å². The smallest absolute Gasteiger partial charge is 0.260 e. The highest BCUT2D eigenvalue weighted by molar-refractivity contribution is 5.94. The molecule has 2 rings (SSSR count). The van der Waals surface area contributed by atoms with Crippen molar-refractivity contribution in [2.75, 3.05) is 13.1 Å². The first kappa shape index (κ1) is 14.5. The maximum absolute atomic E-state index is 11.7. The quantitative estimate of drug-likeness (QED) is 0.700. The van der Waals surface area contributed by atoms with Gasteiger partial charge in [0.15, 0.2) is 0 Å². The molecule has 3 N–H and O–H groups in total. The van der Waals surface area contributed by atoms with Crippen LogP contribution in [0, 0.1) is 0 Å². The van der Waals surface area contributed by atoms with Gasteiger partial charge in [-0.25, -0.2) is 0 Å². The van der Waals surface area contributed by atoms with Gasteiger partial charge >= 0.3 is 0 Å². The molecule has 0 radical (unpaired) electrons. The summed E-state index contributed by atoms with van der Waals surface area (Å²) < 4.78 is 0. The number of aromatic nitrogens is 1. The second kappa shape index (κ2) is 7.04. The fourth-order valence-electron chi connectivity index (χ4n) is 1.74. The number of carbonyl (C=O) groups excluding carboxylic acids is 2. The molecule has 0 atom stereocenters.